The van der Waals surface area contributed by atoms with Crippen molar-refractivity contribution in [3.05, 3.63) is 64.2 Å². The minimum Gasteiger partial charge on any atom is -0.359 e. The monoisotopic (exact) mass is 326 g/mol. The Balaban J connectivity index is 1.71. The normalized spacial score (nSPS) is 17.5. The molecular weight excluding hydrogens is 311 g/mol. The Morgan fingerprint density at radius 3 is 2.88 bits per heavy atom. The molecule has 0 radical (unpaired) electrons. The van der Waals surface area contributed by atoms with Crippen molar-refractivity contribution >= 4 is 22.4 Å². The topological polar surface area (TPSA) is 75.1 Å². The lowest BCUT2D eigenvalue weighted by Crippen LogP contribution is -2.24. The summed E-state index contributed by atoms with van der Waals surface area (Å²) in [5, 5.41) is 10.8. The van der Waals surface area contributed by atoms with Gasteiger partial charge in [0.05, 0.1) is 33.8 Å². The Kier molecular flexibility index (Phi) is 3.41. The summed E-state index contributed by atoms with van der Waals surface area (Å²) < 4.78 is 14.4. The molecule has 0 unspecified atom stereocenters. The number of para-hydroxylation sites is 2. The average molecular weight is 326 g/mol. The molecular formula is C17H15FN4O2. The van der Waals surface area contributed by atoms with Crippen molar-refractivity contribution in [1.82, 2.24) is 9.97 Å². The fraction of sp³-hybridized carbons (Fsp3) is 0.235. The van der Waals surface area contributed by atoms with Gasteiger partial charge in [-0.2, -0.15) is 0 Å². The molecule has 1 aliphatic rings. The first-order valence-corrected chi connectivity index (χ1v) is 7.79. The molecule has 2 heterocycles. The molecule has 3 aromatic rings. The number of benzene rings is 2. The molecule has 1 aromatic heterocycles. The van der Waals surface area contributed by atoms with Crippen LogP contribution >= 0.6 is 0 Å². The van der Waals surface area contributed by atoms with Crippen LogP contribution in [0.15, 0.2) is 42.5 Å². The minimum absolute atomic E-state index is 0.0617. The van der Waals surface area contributed by atoms with Crippen molar-refractivity contribution in [2.45, 2.75) is 18.9 Å². The molecule has 0 saturated carbocycles. The van der Waals surface area contributed by atoms with Crippen LogP contribution in [-0.4, -0.2) is 21.4 Å². The van der Waals surface area contributed by atoms with Gasteiger partial charge >= 0.3 is 0 Å². The third-order valence-corrected chi connectivity index (χ3v) is 4.43. The number of nitrogens with zero attached hydrogens (tertiary/aromatic N) is 3. The van der Waals surface area contributed by atoms with Crippen molar-refractivity contribution in [1.29, 1.82) is 0 Å². The summed E-state index contributed by atoms with van der Waals surface area (Å²) in [5.74, 6) is 0.221. The summed E-state index contributed by atoms with van der Waals surface area (Å²) in [6.45, 7) is 0.691. The maximum atomic E-state index is 14.4. The Morgan fingerprint density at radius 1 is 1.29 bits per heavy atom. The predicted molar refractivity (Wildman–Crippen MR) is 88.5 cm³/mol. The van der Waals surface area contributed by atoms with Gasteiger partial charge in [0.25, 0.3) is 5.69 Å². The fourth-order valence-electron chi connectivity index (χ4n) is 3.31. The highest BCUT2D eigenvalue weighted by Crippen LogP contribution is 2.37. The van der Waals surface area contributed by atoms with Crippen LogP contribution in [0.5, 0.6) is 0 Å². The van der Waals surface area contributed by atoms with Crippen LogP contribution in [0.4, 0.5) is 15.8 Å². The van der Waals surface area contributed by atoms with Crippen LogP contribution in [-0.2, 0) is 0 Å². The maximum absolute atomic E-state index is 14.4. The van der Waals surface area contributed by atoms with E-state index in [1.54, 1.807) is 0 Å². The third kappa shape index (κ3) is 2.38. The zero-order valence-corrected chi connectivity index (χ0v) is 12.8. The fourth-order valence-corrected chi connectivity index (χ4v) is 3.31. The Morgan fingerprint density at radius 2 is 2.12 bits per heavy atom. The van der Waals surface area contributed by atoms with Crippen LogP contribution in [0.2, 0.25) is 0 Å². The molecule has 7 heteroatoms. The zero-order valence-electron chi connectivity index (χ0n) is 12.8. The van der Waals surface area contributed by atoms with Crippen LogP contribution < -0.4 is 4.90 Å². The van der Waals surface area contributed by atoms with Gasteiger partial charge < -0.3 is 9.88 Å². The number of non-ortho nitro benzene ring substituents is 1. The molecule has 2 aromatic carbocycles. The molecule has 0 spiro atoms. The second kappa shape index (κ2) is 5.59. The van der Waals surface area contributed by atoms with Crippen LogP contribution in [0.3, 0.4) is 0 Å². The van der Waals surface area contributed by atoms with Gasteiger partial charge in [-0.1, -0.05) is 12.1 Å². The average Bonchev–Trinajstić information content (AvgIpc) is 3.20. The molecule has 1 aliphatic heterocycles. The van der Waals surface area contributed by atoms with E-state index >= 15 is 0 Å². The molecule has 0 aliphatic carbocycles. The van der Waals surface area contributed by atoms with E-state index < -0.39 is 10.7 Å². The summed E-state index contributed by atoms with van der Waals surface area (Å²) in [5.41, 5.74) is 1.96. The number of H-pyrrole nitrogens is 1. The lowest BCUT2D eigenvalue weighted by atomic mass is 10.2. The van der Waals surface area contributed by atoms with Crippen molar-refractivity contribution < 1.29 is 9.31 Å². The standard InChI is InChI=1S/C17H15FN4O2/c18-12-10-11(22(23)24)7-8-15(12)21-9-3-6-16(21)17-19-13-4-1-2-5-14(13)20-17/h1-2,4-5,7-8,10,16H,3,6,9H2,(H,19,20)/t16-/m1/s1. The summed E-state index contributed by atoms with van der Waals surface area (Å²) in [6, 6.07) is 11.5. The van der Waals surface area contributed by atoms with Crippen molar-refractivity contribution in [3.63, 3.8) is 0 Å². The number of rotatable bonds is 3. The molecule has 122 valence electrons. The number of nitro groups is 1. The number of halogens is 1. The summed E-state index contributed by atoms with van der Waals surface area (Å²) in [4.78, 5) is 20.0. The van der Waals surface area contributed by atoms with E-state index in [1.165, 1.54) is 12.1 Å². The van der Waals surface area contributed by atoms with Gasteiger partial charge in [0, 0.05) is 12.6 Å². The van der Waals surface area contributed by atoms with Crippen LogP contribution in [0.1, 0.15) is 24.7 Å². The number of hydrogen-bond donors (Lipinski definition) is 1. The first kappa shape index (κ1) is 14.6. The summed E-state index contributed by atoms with van der Waals surface area (Å²) in [6.07, 6.45) is 1.77. The second-order valence-corrected chi connectivity index (χ2v) is 5.88. The second-order valence-electron chi connectivity index (χ2n) is 5.88. The lowest BCUT2D eigenvalue weighted by Gasteiger charge is -2.25. The van der Waals surface area contributed by atoms with Gasteiger partial charge in [0.2, 0.25) is 0 Å². The molecule has 0 bridgehead atoms. The van der Waals surface area contributed by atoms with E-state index in [9.17, 15) is 14.5 Å². The van der Waals surface area contributed by atoms with Gasteiger partial charge in [-0.25, -0.2) is 9.37 Å². The summed E-state index contributed by atoms with van der Waals surface area (Å²) >= 11 is 0. The van der Waals surface area contributed by atoms with Gasteiger partial charge in [-0.05, 0) is 31.0 Å². The van der Waals surface area contributed by atoms with Crippen molar-refractivity contribution in [2.75, 3.05) is 11.4 Å². The molecule has 4 rings (SSSR count). The number of aromatic nitrogens is 2. The highest BCUT2D eigenvalue weighted by Gasteiger charge is 2.30. The number of nitrogens with one attached hydrogen (secondary N) is 1. The molecule has 1 atom stereocenters. The van der Waals surface area contributed by atoms with Crippen molar-refractivity contribution in [2.24, 2.45) is 0 Å². The van der Waals surface area contributed by atoms with Gasteiger partial charge in [0.1, 0.15) is 5.82 Å². The van der Waals surface area contributed by atoms with E-state index in [-0.39, 0.29) is 11.7 Å². The number of fused-ring (bicyclic) bond motifs is 1. The molecule has 0 amide bonds. The van der Waals surface area contributed by atoms with E-state index in [4.69, 9.17) is 0 Å². The molecule has 24 heavy (non-hydrogen) atoms. The van der Waals surface area contributed by atoms with E-state index in [1.807, 2.05) is 29.2 Å². The predicted octanol–water partition coefficient (Wildman–Crippen LogP) is 3.95. The van der Waals surface area contributed by atoms with Crippen molar-refractivity contribution in [3.8, 4) is 0 Å². The van der Waals surface area contributed by atoms with E-state index in [0.717, 1.165) is 35.8 Å². The van der Waals surface area contributed by atoms with E-state index in [0.29, 0.717) is 12.2 Å². The highest BCUT2D eigenvalue weighted by atomic mass is 19.1. The number of imidazole rings is 1. The molecule has 6 nitrogen and oxygen atoms in total. The maximum Gasteiger partial charge on any atom is 0.272 e. The largest absolute Gasteiger partial charge is 0.359 e. The smallest absolute Gasteiger partial charge is 0.272 e. The highest BCUT2D eigenvalue weighted by molar-refractivity contribution is 5.75. The first-order chi connectivity index (χ1) is 11.6. The van der Waals surface area contributed by atoms with Gasteiger partial charge in [0.15, 0.2) is 5.82 Å². The Hall–Kier alpha value is -2.96. The third-order valence-electron chi connectivity index (χ3n) is 4.43. The van der Waals surface area contributed by atoms with Crippen LogP contribution in [0, 0.1) is 15.9 Å². The van der Waals surface area contributed by atoms with Gasteiger partial charge in [-0.3, -0.25) is 10.1 Å². The van der Waals surface area contributed by atoms with Crippen LogP contribution in [0.25, 0.3) is 11.0 Å². The first-order valence-electron chi connectivity index (χ1n) is 7.79. The number of hydrogen-bond acceptors (Lipinski definition) is 4. The minimum atomic E-state index is -0.590. The molecule has 1 saturated heterocycles. The number of aromatic amines is 1. The quantitative estimate of drug-likeness (QED) is 0.584. The molecule has 1 N–H and O–H groups in total. The SMILES string of the molecule is O=[N+]([O-])c1ccc(N2CCC[C@@H]2c2nc3ccccc3[nH]2)c(F)c1. The van der Waals surface area contributed by atoms with E-state index in [2.05, 4.69) is 9.97 Å². The number of anilines is 1. The lowest BCUT2D eigenvalue weighted by molar-refractivity contribution is -0.385. The zero-order chi connectivity index (χ0) is 16.7. The number of nitro benzene ring substituents is 1. The Labute approximate surface area is 137 Å². The van der Waals surface area contributed by atoms with Gasteiger partial charge in [-0.15, -0.1) is 0 Å². The summed E-state index contributed by atoms with van der Waals surface area (Å²) in [7, 11) is 0. The Bertz CT molecular complexity index is 891. The molecule has 1 fully saturated rings.